The lowest BCUT2D eigenvalue weighted by molar-refractivity contribution is 0.0953. The van der Waals surface area contributed by atoms with Crippen molar-refractivity contribution in [3.05, 3.63) is 71.8 Å². The maximum atomic E-state index is 12.1. The highest BCUT2D eigenvalue weighted by atomic mass is 16.6. The molecule has 1 heterocycles. The highest BCUT2D eigenvalue weighted by Gasteiger charge is 2.45. The van der Waals surface area contributed by atoms with Crippen LogP contribution in [0, 0.1) is 0 Å². The molecule has 1 unspecified atom stereocenters. The van der Waals surface area contributed by atoms with Crippen LogP contribution in [0.15, 0.2) is 60.7 Å². The van der Waals surface area contributed by atoms with Gasteiger partial charge in [-0.25, -0.2) is 0 Å². The van der Waals surface area contributed by atoms with Crippen LogP contribution in [0.25, 0.3) is 0 Å². The molecule has 0 aliphatic carbocycles. The molecule has 0 aromatic heterocycles. The first-order valence-corrected chi connectivity index (χ1v) is 5.66. The summed E-state index contributed by atoms with van der Waals surface area (Å²) in [6.45, 7) is 0. The Morgan fingerprint density at radius 3 is 2.12 bits per heavy atom. The van der Waals surface area contributed by atoms with Crippen molar-refractivity contribution >= 4 is 5.78 Å². The molecule has 0 amide bonds. The summed E-state index contributed by atoms with van der Waals surface area (Å²) in [6.07, 6.45) is -0.372. The van der Waals surface area contributed by atoms with Crippen molar-refractivity contribution in [3.8, 4) is 0 Å². The second kappa shape index (κ2) is 4.15. The van der Waals surface area contributed by atoms with Gasteiger partial charge in [0.05, 0.1) is 0 Å². The Hall–Kier alpha value is -1.93. The number of benzene rings is 2. The number of ketones is 1. The molecule has 1 aliphatic rings. The first-order chi connectivity index (χ1) is 8.36. The number of epoxide rings is 1. The van der Waals surface area contributed by atoms with Crippen LogP contribution < -0.4 is 0 Å². The second-order valence-corrected chi connectivity index (χ2v) is 4.12. The van der Waals surface area contributed by atoms with Crippen LogP contribution in [0.2, 0.25) is 0 Å². The Balaban J connectivity index is 1.76. The zero-order chi connectivity index (χ0) is 11.7. The average molecular weight is 224 g/mol. The van der Waals surface area contributed by atoms with Crippen LogP contribution in [0.1, 0.15) is 22.0 Å². The highest BCUT2D eigenvalue weighted by molar-refractivity contribution is 6.01. The largest absolute Gasteiger partial charge is 0.356 e. The van der Waals surface area contributed by atoms with Crippen LogP contribution >= 0.6 is 0 Å². The maximum absolute atomic E-state index is 12.1. The lowest BCUT2D eigenvalue weighted by Gasteiger charge is -1.96. The van der Waals surface area contributed by atoms with Gasteiger partial charge >= 0.3 is 0 Å². The standard InChI is InChI=1S/C15H12O2/c16-13(11-7-3-1-4-8-11)15-14(17-15)12-9-5-2-6-10-12/h1-10,14-15H/t14?,15-/m0/s1. The minimum atomic E-state index is -0.306. The Morgan fingerprint density at radius 1 is 0.882 bits per heavy atom. The maximum Gasteiger partial charge on any atom is 0.194 e. The summed E-state index contributed by atoms with van der Waals surface area (Å²) >= 11 is 0. The van der Waals surface area contributed by atoms with Crippen LogP contribution in [0.4, 0.5) is 0 Å². The number of ether oxygens (including phenoxy) is 1. The summed E-state index contributed by atoms with van der Waals surface area (Å²) in [5, 5.41) is 0. The van der Waals surface area contributed by atoms with Crippen LogP contribution in [0.5, 0.6) is 0 Å². The zero-order valence-electron chi connectivity index (χ0n) is 9.24. The summed E-state index contributed by atoms with van der Waals surface area (Å²) < 4.78 is 5.47. The summed E-state index contributed by atoms with van der Waals surface area (Å²) in [4.78, 5) is 12.1. The Bertz CT molecular complexity index is 519. The number of rotatable bonds is 3. The number of hydrogen-bond donors (Lipinski definition) is 0. The summed E-state index contributed by atoms with van der Waals surface area (Å²) in [6, 6.07) is 19.1. The fourth-order valence-corrected chi connectivity index (χ4v) is 1.97. The van der Waals surface area contributed by atoms with E-state index in [-0.39, 0.29) is 18.0 Å². The molecule has 2 heteroatoms. The van der Waals surface area contributed by atoms with E-state index in [0.29, 0.717) is 0 Å². The fraction of sp³-hybridized carbons (Fsp3) is 0.133. The van der Waals surface area contributed by atoms with E-state index in [1.54, 1.807) is 0 Å². The van der Waals surface area contributed by atoms with E-state index in [1.807, 2.05) is 60.7 Å². The predicted octanol–water partition coefficient (Wildman–Crippen LogP) is 3.01. The van der Waals surface area contributed by atoms with Crippen molar-refractivity contribution in [1.29, 1.82) is 0 Å². The van der Waals surface area contributed by atoms with Crippen LogP contribution in [0.3, 0.4) is 0 Å². The summed E-state index contributed by atoms with van der Waals surface area (Å²) in [7, 11) is 0. The quantitative estimate of drug-likeness (QED) is 0.592. The number of hydrogen-bond acceptors (Lipinski definition) is 2. The third-order valence-corrected chi connectivity index (χ3v) is 2.94. The first-order valence-electron chi connectivity index (χ1n) is 5.66. The zero-order valence-corrected chi connectivity index (χ0v) is 9.24. The highest BCUT2D eigenvalue weighted by Crippen LogP contribution is 2.40. The SMILES string of the molecule is O=C(c1ccccc1)[C@@H]1OC1c1ccccc1. The van der Waals surface area contributed by atoms with Gasteiger partial charge in [0.2, 0.25) is 0 Å². The monoisotopic (exact) mass is 224 g/mol. The third-order valence-electron chi connectivity index (χ3n) is 2.94. The number of carbonyl (C=O) groups is 1. The van der Waals surface area contributed by atoms with E-state index in [1.165, 1.54) is 0 Å². The van der Waals surface area contributed by atoms with E-state index in [9.17, 15) is 4.79 Å². The number of Topliss-reactive ketones (excluding diaryl/α,β-unsaturated/α-hetero) is 1. The molecule has 2 aromatic carbocycles. The van der Waals surface area contributed by atoms with E-state index >= 15 is 0 Å². The third kappa shape index (κ3) is 1.99. The van der Waals surface area contributed by atoms with Crippen molar-refractivity contribution in [3.63, 3.8) is 0 Å². The van der Waals surface area contributed by atoms with Gasteiger partial charge in [-0.05, 0) is 5.56 Å². The van der Waals surface area contributed by atoms with Gasteiger partial charge in [0.15, 0.2) is 11.9 Å². The molecular formula is C15H12O2. The van der Waals surface area contributed by atoms with Crippen molar-refractivity contribution in [2.24, 2.45) is 0 Å². The minimum Gasteiger partial charge on any atom is -0.356 e. The smallest absolute Gasteiger partial charge is 0.194 e. The first kappa shape index (κ1) is 10.2. The molecule has 0 N–H and O–H groups in total. The molecule has 3 rings (SSSR count). The Kier molecular flexibility index (Phi) is 2.50. The molecule has 17 heavy (non-hydrogen) atoms. The molecular weight excluding hydrogens is 212 g/mol. The summed E-state index contributed by atoms with van der Waals surface area (Å²) in [5.74, 6) is 0.0689. The molecule has 1 saturated heterocycles. The Labute approximate surface area is 99.9 Å². The Morgan fingerprint density at radius 2 is 1.47 bits per heavy atom. The molecule has 0 bridgehead atoms. The molecule has 2 nitrogen and oxygen atoms in total. The van der Waals surface area contributed by atoms with Crippen LogP contribution in [-0.2, 0) is 4.74 Å². The average Bonchev–Trinajstić information content (AvgIpc) is 3.20. The van der Waals surface area contributed by atoms with Gasteiger partial charge in [-0.15, -0.1) is 0 Å². The van der Waals surface area contributed by atoms with Gasteiger partial charge in [-0.1, -0.05) is 60.7 Å². The molecule has 2 aromatic rings. The van der Waals surface area contributed by atoms with Gasteiger partial charge < -0.3 is 4.74 Å². The molecule has 1 fully saturated rings. The lowest BCUT2D eigenvalue weighted by Crippen LogP contribution is -2.07. The fourth-order valence-electron chi connectivity index (χ4n) is 1.97. The molecule has 1 aliphatic heterocycles. The van der Waals surface area contributed by atoms with Crippen molar-refractivity contribution in [1.82, 2.24) is 0 Å². The van der Waals surface area contributed by atoms with Crippen LogP contribution in [-0.4, -0.2) is 11.9 Å². The molecule has 0 saturated carbocycles. The van der Waals surface area contributed by atoms with E-state index in [2.05, 4.69) is 0 Å². The normalized spacial score (nSPS) is 22.1. The molecule has 0 radical (unpaired) electrons. The van der Waals surface area contributed by atoms with E-state index < -0.39 is 0 Å². The van der Waals surface area contributed by atoms with Gasteiger partial charge in [-0.2, -0.15) is 0 Å². The molecule has 0 spiro atoms. The van der Waals surface area contributed by atoms with E-state index in [4.69, 9.17) is 4.74 Å². The van der Waals surface area contributed by atoms with Gasteiger partial charge in [0.1, 0.15) is 6.10 Å². The predicted molar refractivity (Wildman–Crippen MR) is 64.8 cm³/mol. The second-order valence-electron chi connectivity index (χ2n) is 4.12. The van der Waals surface area contributed by atoms with Gasteiger partial charge in [-0.3, -0.25) is 4.79 Å². The summed E-state index contributed by atoms with van der Waals surface area (Å²) in [5.41, 5.74) is 1.79. The number of carbonyl (C=O) groups excluding carboxylic acids is 1. The lowest BCUT2D eigenvalue weighted by atomic mass is 10.0. The van der Waals surface area contributed by atoms with Gasteiger partial charge in [0.25, 0.3) is 0 Å². The molecule has 2 atom stereocenters. The van der Waals surface area contributed by atoms with Crippen molar-refractivity contribution < 1.29 is 9.53 Å². The molecule has 84 valence electrons. The topological polar surface area (TPSA) is 29.6 Å². The van der Waals surface area contributed by atoms with Crippen molar-refractivity contribution in [2.45, 2.75) is 12.2 Å². The van der Waals surface area contributed by atoms with E-state index in [0.717, 1.165) is 11.1 Å². The minimum absolute atomic E-state index is 0.0658. The van der Waals surface area contributed by atoms with Crippen molar-refractivity contribution in [2.75, 3.05) is 0 Å². The van der Waals surface area contributed by atoms with Gasteiger partial charge in [0, 0.05) is 5.56 Å².